The lowest BCUT2D eigenvalue weighted by Crippen LogP contribution is -2.37. The standard InChI is InChI=1S/C20H27F3N4OS/c1-13(17(24)20(21,22)23)16-18(25)26-10-5-3-4-6-11-27(19(16)28)14-8-7-9-15(12-14)29-2/h7-9,12,26H,3-6,10-11,24-25H2,1-2H3/b17-13-,18-16-. The Hall–Kier alpha value is -2.29. The first-order chi connectivity index (χ1) is 13.7. The maximum absolute atomic E-state index is 13.4. The first kappa shape index (κ1) is 23.0. The van der Waals surface area contributed by atoms with Crippen LogP contribution in [0.15, 0.2) is 51.8 Å². The second-order valence-electron chi connectivity index (χ2n) is 6.82. The van der Waals surface area contributed by atoms with Crippen LogP contribution < -0.4 is 21.7 Å². The number of nitrogens with zero attached hydrogens (tertiary/aromatic N) is 1. The van der Waals surface area contributed by atoms with Crippen LogP contribution in [0.25, 0.3) is 0 Å². The number of hydrogen-bond acceptors (Lipinski definition) is 5. The van der Waals surface area contributed by atoms with Gasteiger partial charge in [0.1, 0.15) is 11.5 Å². The van der Waals surface area contributed by atoms with Crippen LogP contribution in [0.5, 0.6) is 0 Å². The van der Waals surface area contributed by atoms with Crippen LogP contribution in [-0.4, -0.2) is 31.4 Å². The lowest BCUT2D eigenvalue weighted by Gasteiger charge is -2.26. The first-order valence-corrected chi connectivity index (χ1v) is 10.6. The van der Waals surface area contributed by atoms with Gasteiger partial charge in [-0.1, -0.05) is 18.9 Å². The highest BCUT2D eigenvalue weighted by atomic mass is 32.2. The molecule has 29 heavy (non-hydrogen) atoms. The van der Waals surface area contributed by atoms with Gasteiger partial charge in [0, 0.05) is 23.7 Å². The van der Waals surface area contributed by atoms with E-state index in [2.05, 4.69) is 5.32 Å². The Morgan fingerprint density at radius 3 is 2.55 bits per heavy atom. The number of anilines is 1. The van der Waals surface area contributed by atoms with E-state index in [1.54, 1.807) is 6.07 Å². The second kappa shape index (κ2) is 9.96. The van der Waals surface area contributed by atoms with Crippen LogP contribution in [0, 0.1) is 0 Å². The lowest BCUT2D eigenvalue weighted by molar-refractivity contribution is -0.115. The Labute approximate surface area is 173 Å². The van der Waals surface area contributed by atoms with Crippen LogP contribution in [0.3, 0.4) is 0 Å². The quantitative estimate of drug-likeness (QED) is 0.637. The molecule has 0 saturated carbocycles. The molecule has 0 spiro atoms. The molecule has 1 aliphatic heterocycles. The third-order valence-electron chi connectivity index (χ3n) is 4.80. The fourth-order valence-electron chi connectivity index (χ4n) is 3.15. The maximum atomic E-state index is 13.4. The van der Waals surface area contributed by atoms with E-state index in [1.165, 1.54) is 23.6 Å². The zero-order chi connectivity index (χ0) is 21.6. The SMILES string of the molecule is CSc1cccc(N2CCCCCCN/C(N)=C(/C(C)=C(\N)C(F)(F)F)C2=O)c1. The number of halogens is 3. The minimum atomic E-state index is -4.76. The van der Waals surface area contributed by atoms with E-state index in [0.717, 1.165) is 30.6 Å². The van der Waals surface area contributed by atoms with Crippen molar-refractivity contribution in [1.82, 2.24) is 5.32 Å². The molecule has 0 atom stereocenters. The number of rotatable bonds is 3. The van der Waals surface area contributed by atoms with Gasteiger partial charge in [0.2, 0.25) is 0 Å². The number of benzene rings is 1. The number of alkyl halides is 3. The van der Waals surface area contributed by atoms with Crippen LogP contribution in [0.4, 0.5) is 18.9 Å². The van der Waals surface area contributed by atoms with Gasteiger partial charge in [-0.15, -0.1) is 11.8 Å². The molecule has 1 heterocycles. The molecule has 0 aromatic heterocycles. The fraction of sp³-hybridized carbons (Fsp3) is 0.450. The van der Waals surface area contributed by atoms with Gasteiger partial charge >= 0.3 is 6.18 Å². The van der Waals surface area contributed by atoms with E-state index >= 15 is 0 Å². The predicted molar refractivity (Wildman–Crippen MR) is 111 cm³/mol. The maximum Gasteiger partial charge on any atom is 0.430 e. The Kier molecular flexibility index (Phi) is 7.89. The van der Waals surface area contributed by atoms with E-state index in [-0.39, 0.29) is 17.0 Å². The van der Waals surface area contributed by atoms with E-state index in [4.69, 9.17) is 11.5 Å². The monoisotopic (exact) mass is 428 g/mol. The van der Waals surface area contributed by atoms with Gasteiger partial charge in [-0.2, -0.15) is 13.2 Å². The van der Waals surface area contributed by atoms with Crippen molar-refractivity contribution in [3.63, 3.8) is 0 Å². The summed E-state index contributed by atoms with van der Waals surface area (Å²) in [6, 6.07) is 7.34. The molecule has 5 nitrogen and oxygen atoms in total. The summed E-state index contributed by atoms with van der Waals surface area (Å²) in [5, 5.41) is 2.89. The largest absolute Gasteiger partial charge is 0.430 e. The molecule has 9 heteroatoms. The zero-order valence-corrected chi connectivity index (χ0v) is 17.4. The smallest absolute Gasteiger partial charge is 0.394 e. The molecular weight excluding hydrogens is 401 g/mol. The van der Waals surface area contributed by atoms with Gasteiger partial charge in [-0.3, -0.25) is 4.79 Å². The number of hydrogen-bond donors (Lipinski definition) is 3. The summed E-state index contributed by atoms with van der Waals surface area (Å²) in [5.41, 5.74) is 10.1. The number of nitrogens with two attached hydrogens (primary N) is 2. The van der Waals surface area contributed by atoms with Gasteiger partial charge in [0.25, 0.3) is 5.91 Å². The summed E-state index contributed by atoms with van der Waals surface area (Å²) in [6.45, 7) is 2.04. The zero-order valence-electron chi connectivity index (χ0n) is 16.6. The van der Waals surface area contributed by atoms with Crippen molar-refractivity contribution in [2.75, 3.05) is 24.2 Å². The number of nitrogens with one attached hydrogen (secondary N) is 1. The number of allylic oxidation sites excluding steroid dienone is 1. The molecule has 0 aliphatic carbocycles. The highest BCUT2D eigenvalue weighted by molar-refractivity contribution is 7.98. The Morgan fingerprint density at radius 1 is 1.21 bits per heavy atom. The summed E-state index contributed by atoms with van der Waals surface area (Å²) in [6.07, 6.45) is 0.539. The normalized spacial score (nSPS) is 20.6. The van der Waals surface area contributed by atoms with Gasteiger partial charge < -0.3 is 21.7 Å². The van der Waals surface area contributed by atoms with Crippen LogP contribution in [0.1, 0.15) is 32.6 Å². The fourth-order valence-corrected chi connectivity index (χ4v) is 3.60. The van der Waals surface area contributed by atoms with Crippen LogP contribution in [-0.2, 0) is 4.79 Å². The van der Waals surface area contributed by atoms with Gasteiger partial charge in [-0.25, -0.2) is 0 Å². The number of thioether (sulfide) groups is 1. The Bertz CT molecular complexity index is 805. The summed E-state index contributed by atoms with van der Waals surface area (Å²) < 4.78 is 39.7. The third-order valence-corrected chi connectivity index (χ3v) is 5.53. The molecule has 0 unspecified atom stereocenters. The number of carbonyl (C=O) groups is 1. The number of amides is 1. The summed E-state index contributed by atoms with van der Waals surface area (Å²) in [4.78, 5) is 15.9. The Morgan fingerprint density at radius 2 is 1.90 bits per heavy atom. The third kappa shape index (κ3) is 5.85. The molecule has 0 saturated heterocycles. The Balaban J connectivity index is 2.60. The second-order valence-corrected chi connectivity index (χ2v) is 7.70. The van der Waals surface area contributed by atoms with E-state index in [9.17, 15) is 18.0 Å². The minimum Gasteiger partial charge on any atom is -0.394 e. The minimum absolute atomic E-state index is 0.0902. The average molecular weight is 429 g/mol. The van der Waals surface area contributed by atoms with Crippen LogP contribution >= 0.6 is 11.8 Å². The molecule has 2 rings (SSSR count). The molecule has 0 bridgehead atoms. The van der Waals surface area contributed by atoms with Crippen molar-refractivity contribution in [3.8, 4) is 0 Å². The highest BCUT2D eigenvalue weighted by Crippen LogP contribution is 2.30. The molecule has 5 N–H and O–H groups in total. The van der Waals surface area contributed by atoms with E-state index < -0.39 is 17.8 Å². The van der Waals surface area contributed by atoms with Crippen LogP contribution in [0.2, 0.25) is 0 Å². The summed E-state index contributed by atoms with van der Waals surface area (Å²) in [5.74, 6) is -0.688. The summed E-state index contributed by atoms with van der Waals surface area (Å²) >= 11 is 1.52. The van der Waals surface area contributed by atoms with Crippen molar-refractivity contribution in [2.45, 2.75) is 43.7 Å². The molecule has 1 amide bonds. The number of carbonyl (C=O) groups excluding carboxylic acids is 1. The summed E-state index contributed by atoms with van der Waals surface area (Å²) in [7, 11) is 0. The molecule has 0 radical (unpaired) electrons. The van der Waals surface area contributed by atoms with Crippen molar-refractivity contribution in [2.24, 2.45) is 11.5 Å². The van der Waals surface area contributed by atoms with Gasteiger partial charge in [0.15, 0.2) is 0 Å². The van der Waals surface area contributed by atoms with E-state index in [1.807, 2.05) is 24.5 Å². The predicted octanol–water partition coefficient (Wildman–Crippen LogP) is 3.87. The highest BCUT2D eigenvalue weighted by Gasteiger charge is 2.36. The average Bonchev–Trinajstić information content (AvgIpc) is 2.71. The molecular formula is C20H27F3N4OS. The van der Waals surface area contributed by atoms with Crippen molar-refractivity contribution in [1.29, 1.82) is 0 Å². The molecule has 1 aromatic carbocycles. The van der Waals surface area contributed by atoms with Crippen molar-refractivity contribution in [3.05, 3.63) is 46.9 Å². The van der Waals surface area contributed by atoms with Gasteiger partial charge in [0.05, 0.1) is 5.57 Å². The first-order valence-electron chi connectivity index (χ1n) is 9.40. The molecule has 0 fully saturated rings. The lowest BCUT2D eigenvalue weighted by atomic mass is 10.0. The molecule has 1 aliphatic rings. The van der Waals surface area contributed by atoms with Crippen molar-refractivity contribution >= 4 is 23.4 Å². The van der Waals surface area contributed by atoms with Crippen molar-refractivity contribution < 1.29 is 18.0 Å². The molecule has 160 valence electrons. The van der Waals surface area contributed by atoms with Gasteiger partial charge in [-0.05, 0) is 49.8 Å². The topological polar surface area (TPSA) is 84.4 Å². The van der Waals surface area contributed by atoms with E-state index in [0.29, 0.717) is 18.8 Å². The molecule has 1 aromatic rings.